The quantitative estimate of drug-likeness (QED) is 0.146. The molecule has 1 unspecified atom stereocenters. The van der Waals surface area contributed by atoms with E-state index in [0.29, 0.717) is 53.8 Å². The van der Waals surface area contributed by atoms with E-state index in [1.807, 2.05) is 54.6 Å². The number of aliphatic imine (C=N–C) groups is 1. The third kappa shape index (κ3) is 6.89. The van der Waals surface area contributed by atoms with E-state index in [-0.39, 0.29) is 47.4 Å². The van der Waals surface area contributed by atoms with Crippen molar-refractivity contribution < 1.29 is 32.6 Å². The standard InChI is InChI=1S/C43H39ClN4O7S/c1-45-56(52,53)32-12-10-28(11-13-32)29-14-15-47-31(18-29)23-46-36-20-40(39(54-2)19-35(36)43(47)51)55-25-27-7-5-6-26(16-27)17-41(50)48-24-30(22-44)42-34-9-4-3-8-33(34)38(49)21-37(42)48/h3-14,16,19-21,23,30-31,45,49H,15,17-18,22,24-25H2,1-2H3/t30-,31?/m1/s1. The molecule has 0 fully saturated rings. The van der Waals surface area contributed by atoms with Gasteiger partial charge >= 0.3 is 0 Å². The molecule has 0 aromatic heterocycles. The van der Waals surface area contributed by atoms with Crippen LogP contribution < -0.4 is 19.1 Å². The van der Waals surface area contributed by atoms with Crippen molar-refractivity contribution in [3.8, 4) is 17.2 Å². The highest BCUT2D eigenvalue weighted by atomic mass is 35.5. The monoisotopic (exact) mass is 790 g/mol. The normalized spacial score (nSPS) is 17.6. The van der Waals surface area contributed by atoms with Gasteiger partial charge in [0.25, 0.3) is 5.91 Å². The lowest BCUT2D eigenvalue weighted by Crippen LogP contribution is -2.43. The first-order chi connectivity index (χ1) is 27.1. The van der Waals surface area contributed by atoms with E-state index in [4.69, 9.17) is 26.1 Å². The van der Waals surface area contributed by atoms with Crippen LogP contribution in [0.1, 0.15) is 45.0 Å². The van der Waals surface area contributed by atoms with Crippen LogP contribution in [0.4, 0.5) is 11.4 Å². The van der Waals surface area contributed by atoms with Crippen molar-refractivity contribution in [1.82, 2.24) is 9.62 Å². The summed E-state index contributed by atoms with van der Waals surface area (Å²) in [5.74, 6) is 0.949. The maximum Gasteiger partial charge on any atom is 0.257 e. The van der Waals surface area contributed by atoms with Gasteiger partial charge in [-0.3, -0.25) is 14.6 Å². The van der Waals surface area contributed by atoms with E-state index in [2.05, 4.69) is 4.72 Å². The van der Waals surface area contributed by atoms with Gasteiger partial charge in [-0.25, -0.2) is 13.1 Å². The molecule has 2 N–H and O–H groups in total. The van der Waals surface area contributed by atoms with Crippen LogP contribution in [0.5, 0.6) is 17.2 Å². The SMILES string of the molecule is CNS(=O)(=O)c1ccc(C2=CCN3C(=O)c4cc(OC)c(OCc5cccc(CC(=O)N6C[C@@H](CCl)c7c6cc(O)c6ccccc76)c5)cc4N=CC3C2)cc1. The minimum atomic E-state index is -3.55. The number of nitrogens with zero attached hydrogens (tertiary/aromatic N) is 3. The molecule has 0 spiro atoms. The number of sulfonamides is 1. The number of phenols is 1. The summed E-state index contributed by atoms with van der Waals surface area (Å²) in [7, 11) is -0.658. The van der Waals surface area contributed by atoms with E-state index in [9.17, 15) is 23.1 Å². The zero-order chi connectivity index (χ0) is 39.1. The maximum atomic E-state index is 13.9. The lowest BCUT2D eigenvalue weighted by atomic mass is 9.94. The van der Waals surface area contributed by atoms with Crippen LogP contribution in [-0.2, 0) is 27.8 Å². The molecule has 0 radical (unpaired) electrons. The van der Waals surface area contributed by atoms with E-state index in [0.717, 1.165) is 38.6 Å². The van der Waals surface area contributed by atoms with Gasteiger partial charge in [0.05, 0.1) is 41.4 Å². The van der Waals surface area contributed by atoms with E-state index in [1.165, 1.54) is 14.2 Å². The Kier molecular flexibility index (Phi) is 10.0. The molecule has 13 heteroatoms. The number of aromatic hydroxyl groups is 1. The van der Waals surface area contributed by atoms with Crippen molar-refractivity contribution in [3.05, 3.63) is 125 Å². The van der Waals surface area contributed by atoms with Gasteiger partial charge in [-0.05, 0) is 64.9 Å². The summed E-state index contributed by atoms with van der Waals surface area (Å²) in [4.78, 5) is 36.0. The lowest BCUT2D eigenvalue weighted by Gasteiger charge is -2.32. The molecule has 2 atom stereocenters. The Morgan fingerprint density at radius 3 is 2.50 bits per heavy atom. The molecule has 8 rings (SSSR count). The largest absolute Gasteiger partial charge is 0.507 e. The highest BCUT2D eigenvalue weighted by Gasteiger charge is 2.35. The van der Waals surface area contributed by atoms with E-state index >= 15 is 0 Å². The van der Waals surface area contributed by atoms with E-state index < -0.39 is 10.0 Å². The molecule has 2 amide bonds. The summed E-state index contributed by atoms with van der Waals surface area (Å²) in [6.07, 6.45) is 4.41. The molecule has 5 aromatic carbocycles. The molecule has 56 heavy (non-hydrogen) atoms. The Morgan fingerprint density at radius 1 is 0.982 bits per heavy atom. The number of benzene rings is 5. The van der Waals surface area contributed by atoms with Crippen molar-refractivity contribution in [2.45, 2.75) is 36.3 Å². The van der Waals surface area contributed by atoms with Crippen LogP contribution in [0.15, 0.2) is 107 Å². The zero-order valence-electron chi connectivity index (χ0n) is 30.7. The predicted octanol–water partition coefficient (Wildman–Crippen LogP) is 6.97. The molecule has 0 saturated heterocycles. The Hall–Kier alpha value is -5.69. The first-order valence-corrected chi connectivity index (χ1v) is 20.2. The second-order valence-corrected chi connectivity index (χ2v) is 16.2. The Bertz CT molecular complexity index is 2560. The molecule has 11 nitrogen and oxygen atoms in total. The fourth-order valence-electron chi connectivity index (χ4n) is 7.80. The summed E-state index contributed by atoms with van der Waals surface area (Å²) >= 11 is 6.39. The Morgan fingerprint density at radius 2 is 1.75 bits per heavy atom. The summed E-state index contributed by atoms with van der Waals surface area (Å²) in [5.41, 5.74) is 6.05. The van der Waals surface area contributed by atoms with Gasteiger partial charge in [-0.2, -0.15) is 0 Å². The number of ether oxygens (including phenoxy) is 2. The average Bonchev–Trinajstić information content (AvgIpc) is 3.54. The van der Waals surface area contributed by atoms with Gasteiger partial charge < -0.3 is 24.4 Å². The number of halogens is 1. The number of carbonyl (C=O) groups is 2. The fourth-order valence-corrected chi connectivity index (χ4v) is 8.78. The number of hydrogen-bond acceptors (Lipinski definition) is 8. The highest BCUT2D eigenvalue weighted by molar-refractivity contribution is 7.89. The van der Waals surface area contributed by atoms with Crippen molar-refractivity contribution in [2.24, 2.45) is 4.99 Å². The molecule has 286 valence electrons. The molecule has 5 aromatic rings. The first-order valence-electron chi connectivity index (χ1n) is 18.2. The van der Waals surface area contributed by atoms with Gasteiger partial charge in [0.2, 0.25) is 15.9 Å². The molecular formula is C43H39ClN4O7S. The van der Waals surface area contributed by atoms with Crippen LogP contribution >= 0.6 is 11.6 Å². The van der Waals surface area contributed by atoms with Crippen LogP contribution in [0.2, 0.25) is 0 Å². The predicted molar refractivity (Wildman–Crippen MR) is 217 cm³/mol. The van der Waals surface area contributed by atoms with Gasteiger partial charge in [-0.1, -0.05) is 66.7 Å². The minimum Gasteiger partial charge on any atom is -0.507 e. The number of anilines is 1. The van der Waals surface area contributed by atoms with E-state index in [1.54, 1.807) is 58.5 Å². The molecule has 3 aliphatic heterocycles. The number of fused-ring (bicyclic) bond motifs is 5. The number of hydrogen-bond donors (Lipinski definition) is 2. The average molecular weight is 791 g/mol. The molecular weight excluding hydrogens is 752 g/mol. The molecule has 0 saturated carbocycles. The van der Waals surface area contributed by atoms with Gasteiger partial charge in [-0.15, -0.1) is 11.6 Å². The zero-order valence-corrected chi connectivity index (χ0v) is 32.3. The Balaban J connectivity index is 0.967. The molecule has 0 aliphatic carbocycles. The van der Waals surface area contributed by atoms with Crippen molar-refractivity contribution >= 4 is 67.4 Å². The number of carbonyl (C=O) groups excluding carboxylic acids is 2. The summed E-state index contributed by atoms with van der Waals surface area (Å²) in [5, 5.41) is 12.4. The summed E-state index contributed by atoms with van der Waals surface area (Å²) in [6, 6.07) is 26.7. The summed E-state index contributed by atoms with van der Waals surface area (Å²) in [6.45, 7) is 0.968. The van der Waals surface area contributed by atoms with Gasteiger partial charge in [0.15, 0.2) is 11.5 Å². The van der Waals surface area contributed by atoms with Crippen molar-refractivity contribution in [1.29, 1.82) is 0 Å². The summed E-state index contributed by atoms with van der Waals surface area (Å²) < 4.78 is 38.6. The second kappa shape index (κ2) is 15.1. The van der Waals surface area contributed by atoms with Crippen LogP contribution in [0.25, 0.3) is 16.3 Å². The number of amides is 2. The first kappa shape index (κ1) is 37.2. The highest BCUT2D eigenvalue weighted by Crippen LogP contribution is 2.45. The molecule has 3 heterocycles. The smallest absolute Gasteiger partial charge is 0.257 e. The lowest BCUT2D eigenvalue weighted by molar-refractivity contribution is -0.117. The van der Waals surface area contributed by atoms with Crippen LogP contribution in [-0.4, -0.2) is 75.6 Å². The van der Waals surface area contributed by atoms with Crippen LogP contribution in [0, 0.1) is 0 Å². The number of alkyl halides is 1. The van der Waals surface area contributed by atoms with Gasteiger partial charge in [0.1, 0.15) is 12.4 Å². The third-order valence-corrected chi connectivity index (χ3v) is 12.5. The molecule has 3 aliphatic rings. The fraction of sp³-hybridized carbons (Fsp3) is 0.233. The topological polar surface area (TPSA) is 138 Å². The van der Waals surface area contributed by atoms with Crippen molar-refractivity contribution in [2.75, 3.05) is 38.0 Å². The number of methoxy groups -OCH3 is 1. The van der Waals surface area contributed by atoms with Gasteiger partial charge in [0, 0.05) is 48.6 Å². The van der Waals surface area contributed by atoms with Crippen molar-refractivity contribution in [3.63, 3.8) is 0 Å². The third-order valence-electron chi connectivity index (χ3n) is 10.7. The van der Waals surface area contributed by atoms with Crippen LogP contribution in [0.3, 0.4) is 0 Å². The minimum absolute atomic E-state index is 0.0527. The molecule has 0 bridgehead atoms. The number of rotatable bonds is 10. The number of phenolic OH excluding ortho intramolecular Hbond substituents is 1. The second-order valence-electron chi connectivity index (χ2n) is 14.0. The number of nitrogens with one attached hydrogen (secondary N) is 1. The Labute approximate surface area is 329 Å². The maximum absolute atomic E-state index is 13.9.